The molecule has 0 aliphatic heterocycles. The summed E-state index contributed by atoms with van der Waals surface area (Å²) in [7, 11) is 0. The van der Waals surface area contributed by atoms with Gasteiger partial charge in [0.25, 0.3) is 0 Å². The number of nitrogens with zero attached hydrogens (tertiary/aromatic N) is 1. The molecule has 3 nitrogen and oxygen atoms in total. The molecule has 1 aliphatic carbocycles. The minimum absolute atomic E-state index is 0.209. The lowest BCUT2D eigenvalue weighted by Crippen LogP contribution is -2.18. The van der Waals surface area contributed by atoms with Crippen LogP contribution in [0.2, 0.25) is 0 Å². The van der Waals surface area contributed by atoms with E-state index < -0.39 is 0 Å². The number of carbonyl (C=O) groups is 1. The molecule has 1 atom stereocenters. The fraction of sp³-hybridized carbons (Fsp3) is 0.455. The summed E-state index contributed by atoms with van der Waals surface area (Å²) in [5.74, 6) is 0.110. The summed E-state index contributed by atoms with van der Waals surface area (Å²) in [4.78, 5) is 15.0. The Morgan fingerprint density at radius 1 is 1.64 bits per heavy atom. The highest BCUT2D eigenvalue weighted by Gasteiger charge is 2.21. The Bertz CT molecular complexity index is 349. The number of carbonyl (C=O) groups excluding carboxylic acids is 1. The van der Waals surface area contributed by atoms with Gasteiger partial charge in [-0.3, -0.25) is 9.78 Å². The van der Waals surface area contributed by atoms with E-state index in [1.165, 1.54) is 11.1 Å². The van der Waals surface area contributed by atoms with Crippen LogP contribution in [-0.2, 0) is 11.2 Å². The Morgan fingerprint density at radius 3 is 3.29 bits per heavy atom. The molecule has 1 aromatic rings. The molecule has 0 saturated carbocycles. The summed E-state index contributed by atoms with van der Waals surface area (Å²) < 4.78 is 0. The molecular weight excluding hydrogens is 176 g/mol. The van der Waals surface area contributed by atoms with Gasteiger partial charge in [0.1, 0.15) is 0 Å². The number of aryl methyl sites for hydroxylation is 1. The molecule has 3 heteroatoms. The van der Waals surface area contributed by atoms with E-state index in [4.69, 9.17) is 5.73 Å². The molecule has 0 spiro atoms. The van der Waals surface area contributed by atoms with Crippen LogP contribution >= 0.6 is 0 Å². The normalized spacial score (nSPS) is 20.1. The summed E-state index contributed by atoms with van der Waals surface area (Å²) in [6.45, 7) is 0. The SMILES string of the molecule is NC(=O)CC1CCCc2cnccc21. The summed E-state index contributed by atoms with van der Waals surface area (Å²) >= 11 is 0. The Balaban J connectivity index is 2.26. The first-order valence-electron chi connectivity index (χ1n) is 4.98. The van der Waals surface area contributed by atoms with Gasteiger partial charge >= 0.3 is 0 Å². The highest BCUT2D eigenvalue weighted by molar-refractivity contribution is 5.74. The van der Waals surface area contributed by atoms with Crippen molar-refractivity contribution in [3.05, 3.63) is 29.6 Å². The van der Waals surface area contributed by atoms with E-state index in [1.54, 1.807) is 6.20 Å². The molecule has 0 fully saturated rings. The van der Waals surface area contributed by atoms with Crippen LogP contribution in [0.3, 0.4) is 0 Å². The Kier molecular flexibility index (Phi) is 2.48. The van der Waals surface area contributed by atoms with E-state index in [0.717, 1.165) is 19.3 Å². The molecule has 0 bridgehead atoms. The maximum Gasteiger partial charge on any atom is 0.218 e. The minimum Gasteiger partial charge on any atom is -0.370 e. The molecule has 0 radical (unpaired) electrons. The first-order valence-corrected chi connectivity index (χ1v) is 4.98. The van der Waals surface area contributed by atoms with Gasteiger partial charge in [-0.2, -0.15) is 0 Å². The van der Waals surface area contributed by atoms with E-state index in [9.17, 15) is 4.79 Å². The number of aromatic nitrogens is 1. The highest BCUT2D eigenvalue weighted by atomic mass is 16.1. The highest BCUT2D eigenvalue weighted by Crippen LogP contribution is 2.32. The lowest BCUT2D eigenvalue weighted by atomic mass is 9.82. The van der Waals surface area contributed by atoms with Crippen LogP contribution in [0.4, 0.5) is 0 Å². The predicted octanol–water partition coefficient (Wildman–Crippen LogP) is 1.38. The van der Waals surface area contributed by atoms with Gasteiger partial charge in [-0.25, -0.2) is 0 Å². The Morgan fingerprint density at radius 2 is 2.50 bits per heavy atom. The fourth-order valence-electron chi connectivity index (χ4n) is 2.19. The van der Waals surface area contributed by atoms with Gasteiger partial charge in [-0.15, -0.1) is 0 Å². The van der Waals surface area contributed by atoms with Crippen LogP contribution < -0.4 is 5.73 Å². The third-order valence-electron chi connectivity index (χ3n) is 2.83. The Labute approximate surface area is 83.3 Å². The molecule has 2 rings (SSSR count). The number of hydrogen-bond acceptors (Lipinski definition) is 2. The average Bonchev–Trinajstić information content (AvgIpc) is 2.18. The van der Waals surface area contributed by atoms with Gasteiger partial charge in [-0.05, 0) is 42.4 Å². The first kappa shape index (κ1) is 9.19. The molecule has 1 unspecified atom stereocenters. The van der Waals surface area contributed by atoms with Gasteiger partial charge in [0, 0.05) is 18.8 Å². The minimum atomic E-state index is -0.209. The third kappa shape index (κ3) is 1.76. The quantitative estimate of drug-likeness (QED) is 0.765. The number of amides is 1. The number of pyridine rings is 1. The second-order valence-electron chi connectivity index (χ2n) is 3.83. The standard InChI is InChI=1S/C11H14N2O/c12-11(14)6-8-2-1-3-9-7-13-5-4-10(8)9/h4-5,7-8H,1-3,6H2,(H2,12,14). The topological polar surface area (TPSA) is 56.0 Å². The summed E-state index contributed by atoms with van der Waals surface area (Å²) in [6.07, 6.45) is 7.45. The van der Waals surface area contributed by atoms with Crippen molar-refractivity contribution in [2.45, 2.75) is 31.6 Å². The first-order chi connectivity index (χ1) is 6.77. The molecule has 2 N–H and O–H groups in total. The molecule has 14 heavy (non-hydrogen) atoms. The summed E-state index contributed by atoms with van der Waals surface area (Å²) in [6, 6.07) is 2.02. The number of nitrogens with two attached hydrogens (primary N) is 1. The lowest BCUT2D eigenvalue weighted by Gasteiger charge is -2.23. The van der Waals surface area contributed by atoms with Crippen LogP contribution in [0.1, 0.15) is 36.3 Å². The van der Waals surface area contributed by atoms with Gasteiger partial charge in [0.05, 0.1) is 0 Å². The van der Waals surface area contributed by atoms with Crippen LogP contribution in [0, 0.1) is 0 Å². The van der Waals surface area contributed by atoms with Crippen LogP contribution in [0.25, 0.3) is 0 Å². The second kappa shape index (κ2) is 3.78. The maximum absolute atomic E-state index is 10.9. The number of rotatable bonds is 2. The predicted molar refractivity (Wildman–Crippen MR) is 53.7 cm³/mol. The van der Waals surface area contributed by atoms with Crippen molar-refractivity contribution in [3.8, 4) is 0 Å². The largest absolute Gasteiger partial charge is 0.370 e. The maximum atomic E-state index is 10.9. The van der Waals surface area contributed by atoms with E-state index >= 15 is 0 Å². The second-order valence-corrected chi connectivity index (χ2v) is 3.83. The fourth-order valence-corrected chi connectivity index (χ4v) is 2.19. The monoisotopic (exact) mass is 190 g/mol. The number of primary amides is 1. The third-order valence-corrected chi connectivity index (χ3v) is 2.83. The molecule has 74 valence electrons. The van der Waals surface area contributed by atoms with Gasteiger partial charge in [-0.1, -0.05) is 0 Å². The van der Waals surface area contributed by atoms with Crippen molar-refractivity contribution in [1.29, 1.82) is 0 Å². The lowest BCUT2D eigenvalue weighted by molar-refractivity contribution is -0.118. The zero-order chi connectivity index (χ0) is 9.97. The molecule has 0 aromatic carbocycles. The summed E-state index contributed by atoms with van der Waals surface area (Å²) in [5.41, 5.74) is 7.78. The van der Waals surface area contributed by atoms with Crippen molar-refractivity contribution in [3.63, 3.8) is 0 Å². The van der Waals surface area contributed by atoms with Gasteiger partial charge in [0.15, 0.2) is 0 Å². The number of hydrogen-bond donors (Lipinski definition) is 1. The van der Waals surface area contributed by atoms with Crippen LogP contribution in [0.5, 0.6) is 0 Å². The van der Waals surface area contributed by atoms with Crippen molar-refractivity contribution in [2.75, 3.05) is 0 Å². The van der Waals surface area contributed by atoms with Gasteiger partial charge < -0.3 is 5.73 Å². The zero-order valence-corrected chi connectivity index (χ0v) is 8.07. The van der Waals surface area contributed by atoms with Crippen LogP contribution in [-0.4, -0.2) is 10.9 Å². The van der Waals surface area contributed by atoms with Crippen molar-refractivity contribution >= 4 is 5.91 Å². The molecule has 1 amide bonds. The average molecular weight is 190 g/mol. The van der Waals surface area contributed by atoms with E-state index in [0.29, 0.717) is 12.3 Å². The van der Waals surface area contributed by atoms with Crippen molar-refractivity contribution in [2.24, 2.45) is 5.73 Å². The van der Waals surface area contributed by atoms with Gasteiger partial charge in [0.2, 0.25) is 5.91 Å². The zero-order valence-electron chi connectivity index (χ0n) is 8.07. The molecule has 0 saturated heterocycles. The molecular formula is C11H14N2O. The molecule has 1 aliphatic rings. The Hall–Kier alpha value is -1.38. The van der Waals surface area contributed by atoms with Crippen molar-refractivity contribution in [1.82, 2.24) is 4.98 Å². The number of fused-ring (bicyclic) bond motifs is 1. The summed E-state index contributed by atoms with van der Waals surface area (Å²) in [5, 5.41) is 0. The van der Waals surface area contributed by atoms with Crippen LogP contribution in [0.15, 0.2) is 18.5 Å². The van der Waals surface area contributed by atoms with Crippen molar-refractivity contribution < 1.29 is 4.79 Å². The van der Waals surface area contributed by atoms with E-state index in [2.05, 4.69) is 4.98 Å². The smallest absolute Gasteiger partial charge is 0.218 e. The van der Waals surface area contributed by atoms with E-state index in [-0.39, 0.29) is 5.91 Å². The molecule has 1 aromatic heterocycles. The molecule has 1 heterocycles. The van der Waals surface area contributed by atoms with E-state index in [1.807, 2.05) is 12.3 Å².